The van der Waals surface area contributed by atoms with Crippen molar-refractivity contribution in [3.8, 4) is 11.5 Å². The average Bonchev–Trinajstić information content (AvgIpc) is 3.28. The fraction of sp³-hybridized carbons (Fsp3) is 0.478. The van der Waals surface area contributed by atoms with Crippen LogP contribution in [0.4, 0.5) is 0 Å². The molecule has 2 aliphatic heterocycles. The molecule has 1 aromatic rings. The fourth-order valence-electron chi connectivity index (χ4n) is 3.63. The zero-order valence-corrected chi connectivity index (χ0v) is 17.3. The molecular formula is C23H30N2O5. The Hall–Kier alpha value is -2.64. The van der Waals surface area contributed by atoms with Crippen molar-refractivity contribution in [2.24, 2.45) is 4.99 Å². The Morgan fingerprint density at radius 3 is 2.90 bits per heavy atom. The summed E-state index contributed by atoms with van der Waals surface area (Å²) in [7, 11) is 0. The van der Waals surface area contributed by atoms with Gasteiger partial charge in [-0.15, -0.1) is 0 Å². The van der Waals surface area contributed by atoms with Gasteiger partial charge in [-0.1, -0.05) is 19.4 Å². The topological polar surface area (TPSA) is 103 Å². The molecule has 2 heterocycles. The van der Waals surface area contributed by atoms with E-state index in [-0.39, 0.29) is 30.8 Å². The van der Waals surface area contributed by atoms with Crippen LogP contribution >= 0.6 is 0 Å². The van der Waals surface area contributed by atoms with E-state index in [0.29, 0.717) is 25.3 Å². The lowest BCUT2D eigenvalue weighted by molar-refractivity contribution is -0.121. The second-order valence-corrected chi connectivity index (χ2v) is 7.88. The summed E-state index contributed by atoms with van der Waals surface area (Å²) in [5.41, 5.74) is 2.97. The molecule has 2 atom stereocenters. The highest BCUT2D eigenvalue weighted by atomic mass is 16.5. The molecule has 7 heteroatoms. The first-order chi connectivity index (χ1) is 14.4. The number of benzene rings is 1. The molecule has 3 N–H and O–H groups in total. The molecule has 0 aromatic heterocycles. The molecule has 0 radical (unpaired) electrons. The van der Waals surface area contributed by atoms with Crippen LogP contribution in [0, 0.1) is 0 Å². The van der Waals surface area contributed by atoms with Gasteiger partial charge in [0.2, 0.25) is 0 Å². The highest BCUT2D eigenvalue weighted by Gasteiger charge is 2.20. The van der Waals surface area contributed by atoms with Crippen LogP contribution in [0.25, 0.3) is 0 Å². The van der Waals surface area contributed by atoms with Gasteiger partial charge in [-0.05, 0) is 43.0 Å². The second kappa shape index (κ2) is 10.4. The van der Waals surface area contributed by atoms with Crippen molar-refractivity contribution in [1.82, 2.24) is 4.90 Å². The molecule has 3 rings (SSSR count). The van der Waals surface area contributed by atoms with Gasteiger partial charge in [0.05, 0.1) is 17.9 Å². The van der Waals surface area contributed by atoms with Crippen molar-refractivity contribution >= 4 is 12.0 Å². The number of allylic oxidation sites excluding steroid dienone is 1. The number of phenols is 1. The molecule has 30 heavy (non-hydrogen) atoms. The van der Waals surface area contributed by atoms with Gasteiger partial charge in [-0.3, -0.25) is 9.79 Å². The van der Waals surface area contributed by atoms with Crippen molar-refractivity contribution in [3.63, 3.8) is 0 Å². The monoisotopic (exact) mass is 414 g/mol. The predicted octanol–water partition coefficient (Wildman–Crippen LogP) is 2.70. The summed E-state index contributed by atoms with van der Waals surface area (Å²) in [6.07, 6.45) is 6.83. The number of carbonyl (C=O) groups excluding carboxylic acids is 1. The van der Waals surface area contributed by atoms with Crippen molar-refractivity contribution < 1.29 is 24.9 Å². The number of hydrogen-bond donors (Lipinski definition) is 3. The number of aromatic hydroxyl groups is 1. The molecule has 0 saturated carbocycles. The highest BCUT2D eigenvalue weighted by Crippen LogP contribution is 2.29. The van der Waals surface area contributed by atoms with Crippen LogP contribution in [0.1, 0.15) is 44.6 Å². The quantitative estimate of drug-likeness (QED) is 0.486. The van der Waals surface area contributed by atoms with Crippen LogP contribution < -0.4 is 4.74 Å². The number of aryl methyl sites for hydroxylation is 1. The van der Waals surface area contributed by atoms with Gasteiger partial charge in [0, 0.05) is 37.4 Å². The lowest BCUT2D eigenvalue weighted by Crippen LogP contribution is -2.21. The first-order valence-electron chi connectivity index (χ1n) is 10.5. The van der Waals surface area contributed by atoms with Gasteiger partial charge in [0.25, 0.3) is 0 Å². The number of aliphatic hydroxyl groups excluding tert-OH is 2. The lowest BCUT2D eigenvalue weighted by Gasteiger charge is -2.17. The first-order valence-corrected chi connectivity index (χ1v) is 10.5. The maximum Gasteiger partial charge on any atom is 0.163 e. The van der Waals surface area contributed by atoms with Gasteiger partial charge >= 0.3 is 0 Å². The van der Waals surface area contributed by atoms with Gasteiger partial charge < -0.3 is 25.0 Å². The van der Waals surface area contributed by atoms with Crippen LogP contribution in [0.3, 0.4) is 0 Å². The summed E-state index contributed by atoms with van der Waals surface area (Å²) in [5, 5.41) is 29.8. The van der Waals surface area contributed by atoms with Gasteiger partial charge in [-0.2, -0.15) is 0 Å². The van der Waals surface area contributed by atoms with Crippen LogP contribution in [-0.4, -0.2) is 57.7 Å². The Morgan fingerprint density at radius 1 is 1.30 bits per heavy atom. The number of aliphatic hydroxyl groups is 2. The Morgan fingerprint density at radius 2 is 2.13 bits per heavy atom. The molecule has 0 spiro atoms. The molecule has 7 nitrogen and oxygen atoms in total. The minimum Gasteiger partial charge on any atom is -0.504 e. The van der Waals surface area contributed by atoms with Crippen molar-refractivity contribution in [1.29, 1.82) is 0 Å². The maximum atomic E-state index is 12.2. The molecule has 0 saturated heterocycles. The largest absolute Gasteiger partial charge is 0.504 e. The molecule has 162 valence electrons. The molecule has 0 amide bonds. The molecule has 0 bridgehead atoms. The maximum absolute atomic E-state index is 12.2. The minimum atomic E-state index is -0.814. The third-order valence-electron chi connectivity index (χ3n) is 5.23. The van der Waals surface area contributed by atoms with E-state index >= 15 is 0 Å². The molecule has 0 fully saturated rings. The number of ketones is 1. The zero-order chi connectivity index (χ0) is 21.5. The number of Topliss-reactive ketones (excluding diaryl/α,β-unsaturated/α-hetero) is 1. The predicted molar refractivity (Wildman–Crippen MR) is 114 cm³/mol. The number of aliphatic imine (C=N–C) groups is 1. The number of carbonyl (C=O) groups is 1. The van der Waals surface area contributed by atoms with Gasteiger partial charge in [-0.25, -0.2) is 0 Å². The summed E-state index contributed by atoms with van der Waals surface area (Å²) in [5.74, 6) is 0.371. The Kier molecular flexibility index (Phi) is 7.65. The molecule has 1 aromatic carbocycles. The summed E-state index contributed by atoms with van der Waals surface area (Å²) in [4.78, 5) is 18.4. The van der Waals surface area contributed by atoms with E-state index in [2.05, 4.69) is 4.99 Å². The van der Waals surface area contributed by atoms with E-state index < -0.39 is 12.2 Å². The van der Waals surface area contributed by atoms with Crippen LogP contribution in [0.2, 0.25) is 0 Å². The standard InChI is InChI=1S/C23H30N2O5/c1-2-3-18(26)11-20(28)12-19(27)6-4-16-5-7-22(29)23(10-16)30-15-25-13-17-8-9-24-21(17)14-25/h5,7-10,14,18,20,26,28-29H,2-4,6,11-13,15H2,1H3. The Labute approximate surface area is 177 Å². The van der Waals surface area contributed by atoms with E-state index in [1.807, 2.05) is 24.1 Å². The Bertz CT molecular complexity index is 846. The van der Waals surface area contributed by atoms with E-state index in [1.54, 1.807) is 24.4 Å². The van der Waals surface area contributed by atoms with E-state index in [4.69, 9.17) is 4.74 Å². The molecular weight excluding hydrogens is 384 g/mol. The van der Waals surface area contributed by atoms with Gasteiger partial charge in [0.1, 0.15) is 5.78 Å². The summed E-state index contributed by atoms with van der Waals surface area (Å²) < 4.78 is 5.76. The Balaban J connectivity index is 1.45. The highest BCUT2D eigenvalue weighted by molar-refractivity contribution is 5.80. The summed E-state index contributed by atoms with van der Waals surface area (Å²) >= 11 is 0. The number of rotatable bonds is 12. The molecule has 2 unspecified atom stereocenters. The SMILES string of the molecule is CCCC(O)CC(O)CC(=O)CCc1ccc(O)c(OCN2C=C3N=CC=C3C2)c1. The minimum absolute atomic E-state index is 0.0458. The average molecular weight is 415 g/mol. The van der Waals surface area contributed by atoms with Crippen molar-refractivity contribution in [2.75, 3.05) is 13.3 Å². The number of fused-ring (bicyclic) bond motifs is 1. The summed E-state index contributed by atoms with van der Waals surface area (Å²) in [6.45, 7) is 2.98. The third-order valence-corrected chi connectivity index (χ3v) is 5.23. The van der Waals surface area contributed by atoms with Crippen LogP contribution in [-0.2, 0) is 11.2 Å². The second-order valence-electron chi connectivity index (χ2n) is 7.88. The smallest absolute Gasteiger partial charge is 0.163 e. The normalized spacial score (nSPS) is 16.8. The molecule has 2 aliphatic rings. The van der Waals surface area contributed by atoms with Crippen molar-refractivity contribution in [2.45, 2.75) is 57.7 Å². The number of hydrogen-bond acceptors (Lipinski definition) is 7. The van der Waals surface area contributed by atoms with Gasteiger partial charge in [0.15, 0.2) is 18.2 Å². The first kappa shape index (κ1) is 22.1. The number of phenolic OH excluding ortho intramolecular Hbond substituents is 1. The van der Waals surface area contributed by atoms with E-state index in [1.165, 1.54) is 0 Å². The fourth-order valence-corrected chi connectivity index (χ4v) is 3.63. The zero-order valence-electron chi connectivity index (χ0n) is 17.3. The molecule has 0 aliphatic carbocycles. The summed E-state index contributed by atoms with van der Waals surface area (Å²) in [6, 6.07) is 5.07. The van der Waals surface area contributed by atoms with Crippen LogP contribution in [0.15, 0.2) is 46.7 Å². The van der Waals surface area contributed by atoms with Crippen molar-refractivity contribution in [3.05, 3.63) is 47.3 Å². The van der Waals surface area contributed by atoms with Crippen LogP contribution in [0.5, 0.6) is 11.5 Å². The third kappa shape index (κ3) is 6.18. The number of ether oxygens (including phenoxy) is 1. The van der Waals surface area contributed by atoms with E-state index in [0.717, 1.165) is 29.8 Å². The van der Waals surface area contributed by atoms with E-state index in [9.17, 15) is 20.1 Å². The number of nitrogens with zero attached hydrogens (tertiary/aromatic N) is 2. The lowest BCUT2D eigenvalue weighted by atomic mass is 10.00.